The van der Waals surface area contributed by atoms with E-state index >= 15 is 0 Å². The summed E-state index contributed by atoms with van der Waals surface area (Å²) in [5.41, 5.74) is 2.73. The van der Waals surface area contributed by atoms with E-state index < -0.39 is 0 Å². The van der Waals surface area contributed by atoms with Gasteiger partial charge in [0.2, 0.25) is 5.91 Å². The summed E-state index contributed by atoms with van der Waals surface area (Å²) in [7, 11) is 0. The zero-order valence-electron chi connectivity index (χ0n) is 16.6. The second-order valence-electron chi connectivity index (χ2n) is 6.99. The second kappa shape index (κ2) is 9.52. The van der Waals surface area contributed by atoms with Gasteiger partial charge in [0.25, 0.3) is 5.91 Å². The van der Waals surface area contributed by atoms with E-state index in [-0.39, 0.29) is 22.8 Å². The summed E-state index contributed by atoms with van der Waals surface area (Å²) >= 11 is 5.31. The Morgan fingerprint density at radius 3 is 2.45 bits per heavy atom. The van der Waals surface area contributed by atoms with Crippen molar-refractivity contribution < 1.29 is 14.3 Å². The van der Waals surface area contributed by atoms with Gasteiger partial charge in [-0.2, -0.15) is 0 Å². The maximum absolute atomic E-state index is 12.6. The van der Waals surface area contributed by atoms with Gasteiger partial charge in [-0.1, -0.05) is 25.1 Å². The van der Waals surface area contributed by atoms with Gasteiger partial charge in [-0.3, -0.25) is 14.9 Å². The van der Waals surface area contributed by atoms with Crippen molar-refractivity contribution in [1.82, 2.24) is 5.32 Å². The molecule has 0 bridgehead atoms. The number of para-hydroxylation sites is 1. The van der Waals surface area contributed by atoms with Gasteiger partial charge in [-0.25, -0.2) is 0 Å². The molecule has 6 nitrogen and oxygen atoms in total. The third kappa shape index (κ3) is 5.54. The lowest BCUT2D eigenvalue weighted by atomic mass is 10.1. The van der Waals surface area contributed by atoms with Gasteiger partial charge in [-0.15, -0.1) is 0 Å². The second-order valence-corrected chi connectivity index (χ2v) is 7.40. The molecule has 0 aliphatic heterocycles. The minimum Gasteiger partial charge on any atom is -0.493 e. The molecule has 29 heavy (non-hydrogen) atoms. The molecular formula is C22H25N3O3S. The number of rotatable bonds is 7. The van der Waals surface area contributed by atoms with Crippen LogP contribution in [0.4, 0.5) is 11.4 Å². The van der Waals surface area contributed by atoms with Gasteiger partial charge >= 0.3 is 0 Å². The number of carbonyl (C=O) groups is 2. The molecule has 2 aromatic rings. The number of thiocarbonyl (C=S) groups is 1. The Kier molecular flexibility index (Phi) is 6.82. The number of carbonyl (C=O) groups excluding carboxylic acids is 2. The average Bonchev–Trinajstić information content (AvgIpc) is 3.55. The minimum absolute atomic E-state index is 0.0461. The first-order valence-corrected chi connectivity index (χ1v) is 10.1. The van der Waals surface area contributed by atoms with Gasteiger partial charge < -0.3 is 15.4 Å². The molecule has 0 unspecified atom stereocenters. The average molecular weight is 412 g/mol. The number of anilines is 2. The Hall–Kier alpha value is -2.93. The lowest BCUT2D eigenvalue weighted by Crippen LogP contribution is -2.34. The monoisotopic (exact) mass is 411 g/mol. The highest BCUT2D eigenvalue weighted by Crippen LogP contribution is 2.31. The smallest absolute Gasteiger partial charge is 0.261 e. The van der Waals surface area contributed by atoms with E-state index in [4.69, 9.17) is 17.0 Å². The fraction of sp³-hybridized carbons (Fsp3) is 0.318. The predicted molar refractivity (Wildman–Crippen MR) is 118 cm³/mol. The standard InChI is InChI=1S/C22H25N3O3S/c1-3-13-28-19-10-5-4-7-16(19)21(27)25-22(29)24-18-9-6-8-17(14(18)2)23-20(26)15-11-12-15/h4-10,15H,3,11-13H2,1-2H3,(H,23,26)(H2,24,25,27,29). The van der Waals surface area contributed by atoms with Crippen molar-refractivity contribution in [2.75, 3.05) is 17.2 Å². The minimum atomic E-state index is -0.343. The first kappa shape index (κ1) is 20.8. The van der Waals surface area contributed by atoms with E-state index in [1.165, 1.54) is 0 Å². The third-order valence-electron chi connectivity index (χ3n) is 4.61. The molecule has 1 aliphatic carbocycles. The van der Waals surface area contributed by atoms with Crippen LogP contribution in [0, 0.1) is 12.8 Å². The number of nitrogens with one attached hydrogen (secondary N) is 3. The van der Waals surface area contributed by atoms with Gasteiger partial charge in [0.1, 0.15) is 5.75 Å². The number of hydrogen-bond acceptors (Lipinski definition) is 4. The molecule has 0 radical (unpaired) electrons. The fourth-order valence-electron chi connectivity index (χ4n) is 2.80. The summed E-state index contributed by atoms with van der Waals surface area (Å²) in [4.78, 5) is 24.7. The highest BCUT2D eigenvalue weighted by Gasteiger charge is 2.29. The van der Waals surface area contributed by atoms with Crippen molar-refractivity contribution in [2.45, 2.75) is 33.1 Å². The first-order valence-electron chi connectivity index (χ1n) is 9.74. The van der Waals surface area contributed by atoms with Crippen LogP contribution < -0.4 is 20.7 Å². The van der Waals surface area contributed by atoms with E-state index in [1.807, 2.05) is 38.1 Å². The Morgan fingerprint density at radius 1 is 1.07 bits per heavy atom. The van der Waals surface area contributed by atoms with E-state index in [0.717, 1.165) is 36.2 Å². The lowest BCUT2D eigenvalue weighted by Gasteiger charge is -2.16. The van der Waals surface area contributed by atoms with Crippen molar-refractivity contribution >= 4 is 40.5 Å². The fourth-order valence-corrected chi connectivity index (χ4v) is 3.01. The molecule has 1 fully saturated rings. The van der Waals surface area contributed by atoms with E-state index in [0.29, 0.717) is 17.9 Å². The summed E-state index contributed by atoms with van der Waals surface area (Å²) in [6.07, 6.45) is 2.74. The molecule has 1 aliphatic rings. The van der Waals surface area contributed by atoms with E-state index in [9.17, 15) is 9.59 Å². The Bertz CT molecular complexity index is 925. The summed E-state index contributed by atoms with van der Waals surface area (Å²) in [6.45, 7) is 4.43. The van der Waals surface area contributed by atoms with Crippen LogP contribution in [-0.2, 0) is 4.79 Å². The van der Waals surface area contributed by atoms with E-state index in [2.05, 4.69) is 16.0 Å². The highest BCUT2D eigenvalue weighted by molar-refractivity contribution is 7.80. The van der Waals surface area contributed by atoms with Crippen molar-refractivity contribution in [3.05, 3.63) is 53.6 Å². The molecule has 2 aromatic carbocycles. The molecule has 3 N–H and O–H groups in total. The molecule has 0 saturated heterocycles. The molecule has 0 atom stereocenters. The molecule has 7 heteroatoms. The van der Waals surface area contributed by atoms with E-state index in [1.54, 1.807) is 18.2 Å². The topological polar surface area (TPSA) is 79.5 Å². The molecule has 1 saturated carbocycles. The number of hydrogen-bond donors (Lipinski definition) is 3. The number of benzene rings is 2. The molecule has 2 amide bonds. The zero-order chi connectivity index (χ0) is 20.8. The Balaban J connectivity index is 1.65. The van der Waals surface area contributed by atoms with Gasteiger partial charge in [0, 0.05) is 17.3 Å². The zero-order valence-corrected chi connectivity index (χ0v) is 17.4. The van der Waals surface area contributed by atoms with Crippen LogP contribution in [0.2, 0.25) is 0 Å². The molecule has 0 spiro atoms. The van der Waals surface area contributed by atoms with Crippen LogP contribution in [0.5, 0.6) is 5.75 Å². The largest absolute Gasteiger partial charge is 0.493 e. The Labute approximate surface area is 176 Å². The van der Waals surface area contributed by atoms with Gasteiger partial charge in [0.05, 0.1) is 12.2 Å². The maximum Gasteiger partial charge on any atom is 0.261 e. The van der Waals surface area contributed by atoms with Gasteiger partial charge in [-0.05, 0) is 68.2 Å². The Morgan fingerprint density at radius 2 is 1.76 bits per heavy atom. The summed E-state index contributed by atoms with van der Waals surface area (Å²) in [5.74, 6) is 0.354. The predicted octanol–water partition coefficient (Wildman–Crippen LogP) is 4.26. The van der Waals surface area contributed by atoms with Crippen LogP contribution in [0.15, 0.2) is 42.5 Å². The summed E-state index contributed by atoms with van der Waals surface area (Å²) < 4.78 is 5.64. The van der Waals surface area contributed by atoms with Crippen molar-refractivity contribution in [3.8, 4) is 5.75 Å². The molecule has 3 rings (SSSR count). The first-order chi connectivity index (χ1) is 14.0. The van der Waals surface area contributed by atoms with Crippen LogP contribution in [0.3, 0.4) is 0 Å². The SMILES string of the molecule is CCCOc1ccccc1C(=O)NC(=S)Nc1cccc(NC(=O)C2CC2)c1C. The van der Waals surface area contributed by atoms with Gasteiger partial charge in [0.15, 0.2) is 5.11 Å². The molecular weight excluding hydrogens is 386 g/mol. The highest BCUT2D eigenvalue weighted by atomic mass is 32.1. The van der Waals surface area contributed by atoms with Crippen molar-refractivity contribution in [2.24, 2.45) is 5.92 Å². The van der Waals surface area contributed by atoms with Crippen molar-refractivity contribution in [3.63, 3.8) is 0 Å². The lowest BCUT2D eigenvalue weighted by molar-refractivity contribution is -0.117. The van der Waals surface area contributed by atoms with Crippen LogP contribution in [-0.4, -0.2) is 23.5 Å². The molecule has 152 valence electrons. The number of amides is 2. The molecule has 0 heterocycles. The van der Waals surface area contributed by atoms with Crippen molar-refractivity contribution in [1.29, 1.82) is 0 Å². The van der Waals surface area contributed by atoms with Crippen LogP contribution >= 0.6 is 12.2 Å². The maximum atomic E-state index is 12.6. The van der Waals surface area contributed by atoms with Crippen LogP contribution in [0.1, 0.15) is 42.1 Å². The molecule has 0 aromatic heterocycles. The summed E-state index contributed by atoms with van der Waals surface area (Å²) in [5, 5.41) is 8.86. The quantitative estimate of drug-likeness (QED) is 0.594. The summed E-state index contributed by atoms with van der Waals surface area (Å²) in [6, 6.07) is 12.6. The third-order valence-corrected chi connectivity index (χ3v) is 4.81. The van der Waals surface area contributed by atoms with Crippen LogP contribution in [0.25, 0.3) is 0 Å². The number of ether oxygens (including phenoxy) is 1. The normalized spacial score (nSPS) is 12.8.